The van der Waals surface area contributed by atoms with Gasteiger partial charge in [-0.2, -0.15) is 0 Å². The van der Waals surface area contributed by atoms with E-state index in [0.717, 1.165) is 41.5 Å². The third kappa shape index (κ3) is 10.4. The zero-order valence-corrected chi connectivity index (χ0v) is 25.5. The zero-order chi connectivity index (χ0) is 33.3. The lowest BCUT2D eigenvalue weighted by Crippen LogP contribution is -2.66. The van der Waals surface area contributed by atoms with Crippen molar-refractivity contribution >= 4 is 35.8 Å². The topological polar surface area (TPSA) is 195 Å². The fourth-order valence-electron chi connectivity index (χ4n) is 4.73. The van der Waals surface area contributed by atoms with Crippen LogP contribution in [-0.2, 0) is 71.4 Å². The van der Waals surface area contributed by atoms with Crippen LogP contribution in [0.15, 0.2) is 30.3 Å². The number of esters is 6. The zero-order valence-electron chi connectivity index (χ0n) is 25.5. The lowest BCUT2D eigenvalue weighted by Gasteiger charge is -2.47. The highest BCUT2D eigenvalue weighted by atomic mass is 16.8. The summed E-state index contributed by atoms with van der Waals surface area (Å²) in [6.45, 7) is 5.80. The summed E-state index contributed by atoms with van der Waals surface area (Å²) in [4.78, 5) is 72.5. The Kier molecular flexibility index (Phi) is 12.6. The number of ether oxygens (including phenoxy) is 10. The second-order valence-corrected chi connectivity index (χ2v) is 10.0. The van der Waals surface area contributed by atoms with Crippen molar-refractivity contribution in [1.82, 2.24) is 0 Å². The molecule has 9 atom stereocenters. The molecule has 2 aliphatic heterocycles. The van der Waals surface area contributed by atoms with E-state index in [1.807, 2.05) is 0 Å². The first-order valence-corrected chi connectivity index (χ1v) is 13.9. The van der Waals surface area contributed by atoms with Crippen LogP contribution in [0.1, 0.15) is 41.5 Å². The molecule has 2 aliphatic rings. The number of hydrogen-bond acceptors (Lipinski definition) is 16. The van der Waals surface area contributed by atoms with Crippen molar-refractivity contribution in [3.8, 4) is 5.75 Å². The summed E-state index contributed by atoms with van der Waals surface area (Å²) in [7, 11) is 0. The van der Waals surface area contributed by atoms with E-state index in [9.17, 15) is 28.8 Å². The molecule has 0 amide bonds. The van der Waals surface area contributed by atoms with Crippen molar-refractivity contribution in [3.05, 3.63) is 30.3 Å². The smallest absolute Gasteiger partial charge is 0.303 e. The number of para-hydroxylation sites is 1. The average Bonchev–Trinajstić information content (AvgIpc) is 2.93. The van der Waals surface area contributed by atoms with E-state index in [0.29, 0.717) is 5.75 Å². The van der Waals surface area contributed by atoms with Gasteiger partial charge in [-0.1, -0.05) is 18.2 Å². The molecule has 0 aliphatic carbocycles. The molecule has 1 aromatic carbocycles. The monoisotopic (exact) mass is 640 g/mol. The molecule has 0 bridgehead atoms. The summed E-state index contributed by atoms with van der Waals surface area (Å²) < 4.78 is 56.3. The molecular weight excluding hydrogens is 604 g/mol. The Bertz CT molecular complexity index is 1220. The maximum Gasteiger partial charge on any atom is 0.303 e. The van der Waals surface area contributed by atoms with Crippen molar-refractivity contribution < 1.29 is 76.1 Å². The van der Waals surface area contributed by atoms with Crippen LogP contribution in [0.4, 0.5) is 0 Å². The lowest BCUT2D eigenvalue weighted by molar-refractivity contribution is -0.346. The molecule has 2 fully saturated rings. The summed E-state index contributed by atoms with van der Waals surface area (Å²) in [5, 5.41) is 0. The van der Waals surface area contributed by atoms with Gasteiger partial charge in [-0.05, 0) is 12.1 Å². The number of carbonyl (C=O) groups excluding carboxylic acids is 6. The SMILES string of the molecule is CC(=O)OC[C@H]1O[C@@H](O[C@@H]2[C@@H](OC(C)=O)[C@H](Oc3ccccc3)OC[C@H]2OC(C)=O)[C@H](OC(C)=O)[C@@H](OC(C)=O)[C@H]1OC(C)=O. The summed E-state index contributed by atoms with van der Waals surface area (Å²) in [6, 6.07) is 8.41. The molecule has 0 aromatic heterocycles. The Morgan fingerprint density at radius 3 is 1.67 bits per heavy atom. The summed E-state index contributed by atoms with van der Waals surface area (Å²) in [5.74, 6) is -4.40. The van der Waals surface area contributed by atoms with E-state index >= 15 is 0 Å². The van der Waals surface area contributed by atoms with Crippen molar-refractivity contribution in [3.63, 3.8) is 0 Å². The highest BCUT2D eigenvalue weighted by molar-refractivity contribution is 5.69. The molecule has 2 heterocycles. The molecule has 16 nitrogen and oxygen atoms in total. The standard InChI is InChI=1S/C29H36O16/c1-14(30)36-12-22-23(39-16(3)32)25(40-17(4)33)27(42-19(6)35)29(44-22)45-24-21(38-15(2)31)13-37-28(26(24)41-18(5)34)43-20-10-8-7-9-11-20/h7-11,21-29H,12-13H2,1-6H3/t21-,22-,23+,24+,25+,26-,27-,28+,29+/m1/s1. The van der Waals surface area contributed by atoms with Gasteiger partial charge in [0.1, 0.15) is 24.6 Å². The first kappa shape index (κ1) is 35.2. The maximum atomic E-state index is 12.3. The van der Waals surface area contributed by atoms with Gasteiger partial charge in [0.2, 0.25) is 6.29 Å². The van der Waals surface area contributed by atoms with Crippen LogP contribution in [0.3, 0.4) is 0 Å². The Morgan fingerprint density at radius 2 is 1.13 bits per heavy atom. The number of carbonyl (C=O) groups is 6. The number of benzene rings is 1. The molecule has 16 heteroatoms. The molecule has 0 spiro atoms. The Labute approximate surface area is 258 Å². The minimum Gasteiger partial charge on any atom is -0.463 e. The van der Waals surface area contributed by atoms with Gasteiger partial charge in [-0.15, -0.1) is 0 Å². The van der Waals surface area contributed by atoms with Gasteiger partial charge in [0, 0.05) is 41.5 Å². The largest absolute Gasteiger partial charge is 0.463 e. The fourth-order valence-corrected chi connectivity index (χ4v) is 4.73. The van der Waals surface area contributed by atoms with Gasteiger partial charge in [-0.25, -0.2) is 0 Å². The number of rotatable bonds is 11. The highest BCUT2D eigenvalue weighted by Crippen LogP contribution is 2.34. The Morgan fingerprint density at radius 1 is 0.622 bits per heavy atom. The molecule has 248 valence electrons. The first-order valence-electron chi connectivity index (χ1n) is 13.9. The van der Waals surface area contributed by atoms with Gasteiger partial charge in [0.25, 0.3) is 0 Å². The van der Waals surface area contributed by atoms with E-state index < -0.39 is 97.7 Å². The third-order valence-corrected chi connectivity index (χ3v) is 6.24. The Hall–Kier alpha value is -4.28. The molecule has 0 radical (unpaired) electrons. The second kappa shape index (κ2) is 16.2. The highest BCUT2D eigenvalue weighted by Gasteiger charge is 2.56. The molecule has 2 saturated heterocycles. The van der Waals surface area contributed by atoms with Gasteiger partial charge >= 0.3 is 35.8 Å². The van der Waals surface area contributed by atoms with E-state index in [4.69, 9.17) is 47.4 Å². The predicted octanol–water partition coefficient (Wildman–Crippen LogP) is 0.753. The van der Waals surface area contributed by atoms with Crippen LogP contribution in [0.25, 0.3) is 0 Å². The van der Waals surface area contributed by atoms with Crippen molar-refractivity contribution in [2.75, 3.05) is 13.2 Å². The van der Waals surface area contributed by atoms with Gasteiger partial charge in [-0.3, -0.25) is 28.8 Å². The van der Waals surface area contributed by atoms with Crippen molar-refractivity contribution in [1.29, 1.82) is 0 Å². The minimum absolute atomic E-state index is 0.301. The lowest BCUT2D eigenvalue weighted by atomic mass is 9.97. The molecule has 45 heavy (non-hydrogen) atoms. The van der Waals surface area contributed by atoms with Crippen LogP contribution < -0.4 is 4.74 Å². The molecule has 0 N–H and O–H groups in total. The Balaban J connectivity index is 2.08. The number of hydrogen-bond donors (Lipinski definition) is 0. The van der Waals surface area contributed by atoms with Crippen LogP contribution in [0, 0.1) is 0 Å². The first-order chi connectivity index (χ1) is 21.2. The molecule has 3 rings (SSSR count). The predicted molar refractivity (Wildman–Crippen MR) is 145 cm³/mol. The van der Waals surface area contributed by atoms with E-state index in [2.05, 4.69) is 0 Å². The molecule has 0 unspecified atom stereocenters. The van der Waals surface area contributed by atoms with E-state index in [1.54, 1.807) is 30.3 Å². The summed E-state index contributed by atoms with van der Waals surface area (Å²) in [5.41, 5.74) is 0. The summed E-state index contributed by atoms with van der Waals surface area (Å²) >= 11 is 0. The van der Waals surface area contributed by atoms with E-state index in [-0.39, 0.29) is 6.61 Å². The maximum absolute atomic E-state index is 12.3. The normalized spacial score (nSPS) is 29.3. The van der Waals surface area contributed by atoms with Gasteiger partial charge < -0.3 is 47.4 Å². The van der Waals surface area contributed by atoms with Crippen LogP contribution in [0.2, 0.25) is 0 Å². The van der Waals surface area contributed by atoms with Gasteiger partial charge in [0.15, 0.2) is 36.8 Å². The van der Waals surface area contributed by atoms with Crippen molar-refractivity contribution in [2.45, 2.75) is 96.9 Å². The van der Waals surface area contributed by atoms with Crippen LogP contribution in [0.5, 0.6) is 5.75 Å². The van der Waals surface area contributed by atoms with Crippen LogP contribution >= 0.6 is 0 Å². The molecule has 1 aromatic rings. The molecule has 0 saturated carbocycles. The van der Waals surface area contributed by atoms with Gasteiger partial charge in [0.05, 0.1) is 6.61 Å². The average molecular weight is 641 g/mol. The van der Waals surface area contributed by atoms with Crippen molar-refractivity contribution in [2.24, 2.45) is 0 Å². The third-order valence-electron chi connectivity index (χ3n) is 6.24. The fraction of sp³-hybridized carbons (Fsp3) is 0.586. The second-order valence-electron chi connectivity index (χ2n) is 10.0. The quantitative estimate of drug-likeness (QED) is 0.243. The van der Waals surface area contributed by atoms with E-state index in [1.165, 1.54) is 0 Å². The molecular formula is C29H36O16. The minimum atomic E-state index is -1.68. The summed E-state index contributed by atoms with van der Waals surface area (Å²) in [6.07, 6.45) is -12.9. The van der Waals surface area contributed by atoms with Crippen LogP contribution in [-0.4, -0.2) is 104 Å².